The SMILES string of the molecule is Cc1nnc(CNC(=NCc2ccccc2Cl)NCCN2CCOCC2)n1C. The van der Waals surface area contributed by atoms with Gasteiger partial charge in [0.25, 0.3) is 0 Å². The van der Waals surface area contributed by atoms with E-state index in [1.54, 1.807) is 0 Å². The molecule has 3 rings (SSSR count). The highest BCUT2D eigenvalue weighted by atomic mass is 35.5. The molecular formula is C19H28ClN7O. The molecular weight excluding hydrogens is 378 g/mol. The number of aromatic nitrogens is 3. The third-order valence-corrected chi connectivity index (χ3v) is 5.15. The topological polar surface area (TPSA) is 79.6 Å². The molecule has 0 bridgehead atoms. The summed E-state index contributed by atoms with van der Waals surface area (Å²) in [5, 5.41) is 15.8. The van der Waals surface area contributed by atoms with E-state index in [0.717, 1.165) is 67.6 Å². The molecule has 2 N–H and O–H groups in total. The van der Waals surface area contributed by atoms with Crippen LogP contribution in [0, 0.1) is 6.92 Å². The summed E-state index contributed by atoms with van der Waals surface area (Å²) in [4.78, 5) is 7.08. The van der Waals surface area contributed by atoms with E-state index < -0.39 is 0 Å². The minimum Gasteiger partial charge on any atom is -0.379 e. The third-order valence-electron chi connectivity index (χ3n) is 4.79. The Morgan fingerprint density at radius 3 is 2.71 bits per heavy atom. The highest BCUT2D eigenvalue weighted by molar-refractivity contribution is 6.31. The van der Waals surface area contributed by atoms with Crippen molar-refractivity contribution in [3.05, 3.63) is 46.5 Å². The van der Waals surface area contributed by atoms with Gasteiger partial charge in [-0.15, -0.1) is 10.2 Å². The molecule has 9 heteroatoms. The highest BCUT2D eigenvalue weighted by Gasteiger charge is 2.11. The standard InChI is InChI=1S/C19H28ClN7O/c1-15-24-25-18(26(15)2)14-23-19(21-7-8-27-9-11-28-12-10-27)22-13-16-5-3-4-6-17(16)20/h3-6H,7-14H2,1-2H3,(H2,21,22,23). The summed E-state index contributed by atoms with van der Waals surface area (Å²) in [5.41, 5.74) is 0.993. The van der Waals surface area contributed by atoms with Gasteiger partial charge in [0.1, 0.15) is 5.82 Å². The van der Waals surface area contributed by atoms with Crippen LogP contribution in [0.2, 0.25) is 5.02 Å². The lowest BCUT2D eigenvalue weighted by Gasteiger charge is -2.26. The van der Waals surface area contributed by atoms with Gasteiger partial charge in [-0.1, -0.05) is 29.8 Å². The first-order valence-corrected chi connectivity index (χ1v) is 9.92. The van der Waals surface area contributed by atoms with Crippen molar-refractivity contribution in [1.82, 2.24) is 30.3 Å². The van der Waals surface area contributed by atoms with E-state index >= 15 is 0 Å². The largest absolute Gasteiger partial charge is 0.379 e. The summed E-state index contributed by atoms with van der Waals surface area (Å²) in [5.74, 6) is 2.47. The zero-order valence-corrected chi connectivity index (χ0v) is 17.2. The molecule has 1 fully saturated rings. The Kier molecular flexibility index (Phi) is 7.64. The first kappa shape index (κ1) is 20.6. The Hall–Kier alpha value is -2.16. The molecule has 0 saturated carbocycles. The van der Waals surface area contributed by atoms with Gasteiger partial charge in [0, 0.05) is 38.2 Å². The lowest BCUT2D eigenvalue weighted by atomic mass is 10.2. The number of ether oxygens (including phenoxy) is 1. The second-order valence-electron chi connectivity index (χ2n) is 6.71. The molecule has 0 amide bonds. The third kappa shape index (κ3) is 5.92. The van der Waals surface area contributed by atoms with Gasteiger partial charge in [0.15, 0.2) is 11.8 Å². The number of nitrogens with one attached hydrogen (secondary N) is 2. The fraction of sp³-hybridized carbons (Fsp3) is 0.526. The van der Waals surface area contributed by atoms with Gasteiger partial charge in [0.2, 0.25) is 0 Å². The van der Waals surface area contributed by atoms with Crippen LogP contribution in [0.1, 0.15) is 17.2 Å². The highest BCUT2D eigenvalue weighted by Crippen LogP contribution is 2.15. The van der Waals surface area contributed by atoms with Crippen LogP contribution in [0.15, 0.2) is 29.3 Å². The lowest BCUT2D eigenvalue weighted by Crippen LogP contribution is -2.44. The molecule has 8 nitrogen and oxygen atoms in total. The molecule has 2 aromatic rings. The number of aryl methyl sites for hydroxylation is 1. The number of hydrogen-bond donors (Lipinski definition) is 2. The first-order valence-electron chi connectivity index (χ1n) is 9.54. The zero-order chi connectivity index (χ0) is 19.8. The Balaban J connectivity index is 1.59. The number of benzene rings is 1. The number of aliphatic imine (C=N–C) groups is 1. The van der Waals surface area contributed by atoms with Crippen molar-refractivity contribution in [1.29, 1.82) is 0 Å². The minimum atomic E-state index is 0.504. The van der Waals surface area contributed by atoms with E-state index in [1.807, 2.05) is 42.8 Å². The second kappa shape index (κ2) is 10.4. The molecule has 1 aromatic carbocycles. The maximum absolute atomic E-state index is 6.26. The van der Waals surface area contributed by atoms with Crippen molar-refractivity contribution in [2.24, 2.45) is 12.0 Å². The molecule has 0 unspecified atom stereocenters. The van der Waals surface area contributed by atoms with Gasteiger partial charge in [-0.3, -0.25) is 4.90 Å². The molecule has 0 atom stereocenters. The van der Waals surface area contributed by atoms with E-state index in [0.29, 0.717) is 13.1 Å². The van der Waals surface area contributed by atoms with Crippen molar-refractivity contribution in [2.45, 2.75) is 20.0 Å². The van der Waals surface area contributed by atoms with Gasteiger partial charge < -0.3 is 19.9 Å². The van der Waals surface area contributed by atoms with E-state index in [4.69, 9.17) is 21.3 Å². The van der Waals surface area contributed by atoms with Crippen molar-refractivity contribution >= 4 is 17.6 Å². The summed E-state index contributed by atoms with van der Waals surface area (Å²) >= 11 is 6.26. The lowest BCUT2D eigenvalue weighted by molar-refractivity contribution is 0.0389. The van der Waals surface area contributed by atoms with Crippen molar-refractivity contribution in [3.8, 4) is 0 Å². The molecule has 0 aliphatic carbocycles. The van der Waals surface area contributed by atoms with Gasteiger partial charge >= 0.3 is 0 Å². The van der Waals surface area contributed by atoms with Gasteiger partial charge in [-0.05, 0) is 18.6 Å². The molecule has 1 aromatic heterocycles. The molecule has 1 saturated heterocycles. The molecule has 28 heavy (non-hydrogen) atoms. The fourth-order valence-corrected chi connectivity index (χ4v) is 3.09. The molecule has 2 heterocycles. The average molecular weight is 406 g/mol. The van der Waals surface area contributed by atoms with Gasteiger partial charge in [-0.2, -0.15) is 0 Å². The normalized spacial score (nSPS) is 15.6. The molecule has 1 aliphatic rings. The van der Waals surface area contributed by atoms with Crippen LogP contribution in [-0.4, -0.2) is 65.0 Å². The zero-order valence-electron chi connectivity index (χ0n) is 16.5. The maximum Gasteiger partial charge on any atom is 0.192 e. The number of hydrogen-bond acceptors (Lipinski definition) is 5. The Labute approximate surface area is 170 Å². The van der Waals surface area contributed by atoms with Crippen molar-refractivity contribution in [3.63, 3.8) is 0 Å². The summed E-state index contributed by atoms with van der Waals surface area (Å²) in [6, 6.07) is 7.76. The molecule has 1 aliphatic heterocycles. The summed E-state index contributed by atoms with van der Waals surface area (Å²) in [7, 11) is 1.96. The fourth-order valence-electron chi connectivity index (χ4n) is 2.89. The van der Waals surface area contributed by atoms with Crippen LogP contribution in [0.4, 0.5) is 0 Å². The van der Waals surface area contributed by atoms with Crippen molar-refractivity contribution in [2.75, 3.05) is 39.4 Å². The summed E-state index contributed by atoms with van der Waals surface area (Å²) in [6.45, 7) is 8.27. The Morgan fingerprint density at radius 1 is 1.21 bits per heavy atom. The predicted octanol–water partition coefficient (Wildman–Crippen LogP) is 1.34. The number of guanidine groups is 1. The smallest absolute Gasteiger partial charge is 0.192 e. The summed E-state index contributed by atoms with van der Waals surface area (Å²) in [6.07, 6.45) is 0. The quantitative estimate of drug-likeness (QED) is 0.534. The number of nitrogens with zero attached hydrogens (tertiary/aromatic N) is 5. The van der Waals surface area contributed by atoms with Crippen LogP contribution < -0.4 is 10.6 Å². The predicted molar refractivity (Wildman–Crippen MR) is 110 cm³/mol. The molecule has 152 valence electrons. The number of halogens is 1. The average Bonchev–Trinajstić information content (AvgIpc) is 3.03. The first-order chi connectivity index (χ1) is 13.6. The van der Waals surface area contributed by atoms with Crippen LogP contribution in [0.5, 0.6) is 0 Å². The van der Waals surface area contributed by atoms with E-state index in [1.165, 1.54) is 0 Å². The Morgan fingerprint density at radius 2 is 2.00 bits per heavy atom. The van der Waals surface area contributed by atoms with E-state index in [2.05, 4.69) is 25.7 Å². The Bertz CT molecular complexity index is 786. The number of morpholine rings is 1. The number of rotatable bonds is 7. The van der Waals surface area contributed by atoms with Gasteiger partial charge in [0.05, 0.1) is 26.3 Å². The van der Waals surface area contributed by atoms with Crippen LogP contribution in [-0.2, 0) is 24.9 Å². The maximum atomic E-state index is 6.26. The molecule has 0 spiro atoms. The van der Waals surface area contributed by atoms with Crippen molar-refractivity contribution < 1.29 is 4.74 Å². The van der Waals surface area contributed by atoms with E-state index in [9.17, 15) is 0 Å². The molecule has 0 radical (unpaired) electrons. The second-order valence-corrected chi connectivity index (χ2v) is 7.12. The monoisotopic (exact) mass is 405 g/mol. The van der Waals surface area contributed by atoms with Crippen LogP contribution >= 0.6 is 11.6 Å². The summed E-state index contributed by atoms with van der Waals surface area (Å²) < 4.78 is 7.37. The van der Waals surface area contributed by atoms with Gasteiger partial charge in [-0.25, -0.2) is 4.99 Å². The van der Waals surface area contributed by atoms with Crippen LogP contribution in [0.3, 0.4) is 0 Å². The van der Waals surface area contributed by atoms with Crippen LogP contribution in [0.25, 0.3) is 0 Å². The van der Waals surface area contributed by atoms with E-state index in [-0.39, 0.29) is 0 Å². The minimum absolute atomic E-state index is 0.504.